The molecular formula is C18H24O7S. The van der Waals surface area contributed by atoms with E-state index in [2.05, 4.69) is 0 Å². The summed E-state index contributed by atoms with van der Waals surface area (Å²) >= 11 is 0. The zero-order chi connectivity index (χ0) is 19.5. The minimum atomic E-state index is -3.71. The van der Waals surface area contributed by atoms with Crippen LogP contribution in [0.15, 0.2) is 24.3 Å². The largest absolute Gasteiger partial charge is 0.497 e. The molecule has 0 saturated heterocycles. The predicted molar refractivity (Wildman–Crippen MR) is 94.7 cm³/mol. The Labute approximate surface area is 153 Å². The summed E-state index contributed by atoms with van der Waals surface area (Å²) in [6, 6.07) is 6.62. The van der Waals surface area contributed by atoms with Gasteiger partial charge >= 0.3 is 11.9 Å². The lowest BCUT2D eigenvalue weighted by atomic mass is 9.99. The maximum absolute atomic E-state index is 12.7. The molecule has 0 bridgehead atoms. The molecule has 1 fully saturated rings. The first-order valence-corrected chi connectivity index (χ1v) is 10.2. The maximum Gasteiger partial charge on any atom is 0.325 e. The maximum atomic E-state index is 12.7. The van der Waals surface area contributed by atoms with Crippen molar-refractivity contribution in [2.75, 3.05) is 26.1 Å². The van der Waals surface area contributed by atoms with E-state index >= 15 is 0 Å². The van der Waals surface area contributed by atoms with Crippen LogP contribution in [0.1, 0.15) is 32.3 Å². The van der Waals surface area contributed by atoms with Crippen molar-refractivity contribution in [1.82, 2.24) is 0 Å². The number of methoxy groups -OCH3 is 1. The van der Waals surface area contributed by atoms with E-state index in [1.165, 1.54) is 14.0 Å². The van der Waals surface area contributed by atoms with Crippen LogP contribution in [0, 0.1) is 5.41 Å². The first-order valence-electron chi connectivity index (χ1n) is 8.51. The molecule has 0 heterocycles. The molecule has 144 valence electrons. The van der Waals surface area contributed by atoms with Gasteiger partial charge in [-0.3, -0.25) is 9.59 Å². The number of rotatable bonds is 8. The molecule has 0 aliphatic heterocycles. The highest BCUT2D eigenvalue weighted by molar-refractivity contribution is 7.92. The van der Waals surface area contributed by atoms with Crippen LogP contribution in [0.5, 0.6) is 5.75 Å². The van der Waals surface area contributed by atoms with Crippen LogP contribution in [-0.4, -0.2) is 51.7 Å². The van der Waals surface area contributed by atoms with Gasteiger partial charge < -0.3 is 14.2 Å². The topological polar surface area (TPSA) is 96.0 Å². The highest BCUT2D eigenvalue weighted by atomic mass is 32.2. The number of carbonyl (C=O) groups excluding carboxylic acids is 2. The monoisotopic (exact) mass is 384 g/mol. The minimum absolute atomic E-state index is 0.0359. The van der Waals surface area contributed by atoms with Gasteiger partial charge in [0.2, 0.25) is 0 Å². The van der Waals surface area contributed by atoms with Crippen molar-refractivity contribution in [3.63, 3.8) is 0 Å². The Bertz CT molecular complexity index is 749. The molecule has 7 nitrogen and oxygen atoms in total. The minimum Gasteiger partial charge on any atom is -0.497 e. The molecule has 0 spiro atoms. The van der Waals surface area contributed by atoms with Gasteiger partial charge in [0.15, 0.2) is 15.3 Å². The van der Waals surface area contributed by atoms with Crippen LogP contribution in [-0.2, 0) is 28.9 Å². The molecule has 1 saturated carbocycles. The third-order valence-electron chi connectivity index (χ3n) is 4.62. The van der Waals surface area contributed by atoms with Crippen LogP contribution in [0.25, 0.3) is 0 Å². The van der Waals surface area contributed by atoms with Gasteiger partial charge in [-0.25, -0.2) is 8.42 Å². The van der Waals surface area contributed by atoms with E-state index in [1.807, 2.05) is 0 Å². The molecule has 0 unspecified atom stereocenters. The zero-order valence-electron chi connectivity index (χ0n) is 15.4. The molecule has 2 atom stereocenters. The van der Waals surface area contributed by atoms with E-state index in [9.17, 15) is 18.0 Å². The van der Waals surface area contributed by atoms with Gasteiger partial charge in [0.1, 0.15) is 5.75 Å². The fourth-order valence-corrected chi connectivity index (χ4v) is 5.32. The summed E-state index contributed by atoms with van der Waals surface area (Å²) in [5, 5.41) is -1.20. The Morgan fingerprint density at radius 1 is 1.00 bits per heavy atom. The van der Waals surface area contributed by atoms with Gasteiger partial charge in [0.25, 0.3) is 0 Å². The van der Waals surface area contributed by atoms with Gasteiger partial charge in [0, 0.05) is 11.7 Å². The molecule has 2 rings (SSSR count). The molecule has 0 N–H and O–H groups in total. The summed E-state index contributed by atoms with van der Waals surface area (Å²) in [6.07, 6.45) is 0. The average Bonchev–Trinajstić information content (AvgIpc) is 3.35. The number of benzene rings is 1. The Morgan fingerprint density at radius 2 is 1.50 bits per heavy atom. The molecule has 1 aliphatic rings. The fourth-order valence-electron chi connectivity index (χ4n) is 3.35. The summed E-state index contributed by atoms with van der Waals surface area (Å²) in [7, 11) is -2.19. The predicted octanol–water partition coefficient (Wildman–Crippen LogP) is 1.71. The molecule has 8 heteroatoms. The third kappa shape index (κ3) is 3.18. The number of sulfone groups is 1. The zero-order valence-corrected chi connectivity index (χ0v) is 16.2. The van der Waals surface area contributed by atoms with Gasteiger partial charge in [-0.15, -0.1) is 0 Å². The first kappa shape index (κ1) is 20.2. The summed E-state index contributed by atoms with van der Waals surface area (Å²) in [5.74, 6) is -2.17. The summed E-state index contributed by atoms with van der Waals surface area (Å²) in [5.41, 5.74) is -1.32. The molecule has 1 aromatic rings. The van der Waals surface area contributed by atoms with Crippen molar-refractivity contribution in [3.05, 3.63) is 29.8 Å². The lowest BCUT2D eigenvalue weighted by Gasteiger charge is -2.15. The molecule has 0 radical (unpaired) electrons. The van der Waals surface area contributed by atoms with E-state index in [0.717, 1.165) is 0 Å². The van der Waals surface area contributed by atoms with Crippen LogP contribution in [0.4, 0.5) is 0 Å². The molecule has 0 aromatic heterocycles. The fraction of sp³-hybridized carbons (Fsp3) is 0.556. The Balaban J connectivity index is 2.59. The van der Waals surface area contributed by atoms with E-state index in [1.54, 1.807) is 38.1 Å². The first-order chi connectivity index (χ1) is 12.3. The van der Waals surface area contributed by atoms with Crippen molar-refractivity contribution in [1.29, 1.82) is 0 Å². The van der Waals surface area contributed by atoms with Gasteiger partial charge in [-0.1, -0.05) is 19.1 Å². The second-order valence-electron chi connectivity index (χ2n) is 5.93. The normalized spacial score (nSPS) is 20.9. The number of carbonyl (C=O) groups is 2. The van der Waals surface area contributed by atoms with Crippen molar-refractivity contribution >= 4 is 21.8 Å². The van der Waals surface area contributed by atoms with E-state index in [-0.39, 0.29) is 19.0 Å². The highest BCUT2D eigenvalue weighted by Crippen LogP contribution is 2.64. The van der Waals surface area contributed by atoms with Crippen molar-refractivity contribution in [2.45, 2.75) is 31.9 Å². The Kier molecular flexibility index (Phi) is 5.95. The highest BCUT2D eigenvalue weighted by Gasteiger charge is 2.81. The second kappa shape index (κ2) is 7.65. The summed E-state index contributed by atoms with van der Waals surface area (Å²) in [6.45, 7) is 4.76. The van der Waals surface area contributed by atoms with Crippen molar-refractivity contribution < 1.29 is 32.2 Å². The molecule has 26 heavy (non-hydrogen) atoms. The lowest BCUT2D eigenvalue weighted by Crippen LogP contribution is -2.36. The van der Waals surface area contributed by atoms with Gasteiger partial charge in [-0.2, -0.15) is 0 Å². The smallest absolute Gasteiger partial charge is 0.325 e. The van der Waals surface area contributed by atoms with Crippen LogP contribution >= 0.6 is 0 Å². The quantitative estimate of drug-likeness (QED) is 0.497. The van der Waals surface area contributed by atoms with E-state index < -0.39 is 38.4 Å². The van der Waals surface area contributed by atoms with Crippen LogP contribution < -0.4 is 4.74 Å². The number of ether oxygens (including phenoxy) is 3. The number of hydrogen-bond acceptors (Lipinski definition) is 7. The molecule has 1 aliphatic carbocycles. The number of hydrogen-bond donors (Lipinski definition) is 0. The Morgan fingerprint density at radius 3 is 1.88 bits per heavy atom. The van der Waals surface area contributed by atoms with Crippen LogP contribution in [0.3, 0.4) is 0 Å². The second-order valence-corrected chi connectivity index (χ2v) is 8.34. The van der Waals surface area contributed by atoms with Crippen molar-refractivity contribution in [2.24, 2.45) is 5.41 Å². The van der Waals surface area contributed by atoms with Crippen molar-refractivity contribution in [3.8, 4) is 5.75 Å². The standard InChI is InChI=1S/C18H24O7S/c1-5-24-16(19)18(17(20)25-6-2)14(15(18)26(21,22)7-3)12-8-10-13(23-4)11-9-12/h8-11,14-15H,5-7H2,1-4H3/t14-,15+/m0/s1. The molecule has 1 aromatic carbocycles. The number of esters is 2. The van der Waals surface area contributed by atoms with Crippen LogP contribution in [0.2, 0.25) is 0 Å². The van der Waals surface area contributed by atoms with E-state index in [4.69, 9.17) is 14.2 Å². The average molecular weight is 384 g/mol. The summed E-state index contributed by atoms with van der Waals surface area (Å²) < 4.78 is 40.6. The third-order valence-corrected chi connectivity index (χ3v) is 6.85. The lowest BCUT2D eigenvalue weighted by molar-refractivity contribution is -0.164. The van der Waals surface area contributed by atoms with Gasteiger partial charge in [0.05, 0.1) is 25.6 Å². The molecule has 0 amide bonds. The Hall–Kier alpha value is -2.09. The van der Waals surface area contributed by atoms with Gasteiger partial charge in [-0.05, 0) is 31.5 Å². The summed E-state index contributed by atoms with van der Waals surface area (Å²) in [4.78, 5) is 25.4. The van der Waals surface area contributed by atoms with E-state index in [0.29, 0.717) is 11.3 Å². The molecular weight excluding hydrogens is 360 g/mol. The SMILES string of the molecule is CCOC(=O)C1(C(=O)OCC)[C@H](S(=O)(=O)CC)[C@@H]1c1ccc(OC)cc1.